The minimum absolute atomic E-state index is 0.00601. The first kappa shape index (κ1) is 15.0. The van der Waals surface area contributed by atoms with E-state index < -0.39 is 5.54 Å². The average Bonchev–Trinajstić information content (AvgIpc) is 2.28. The van der Waals surface area contributed by atoms with Gasteiger partial charge in [-0.2, -0.15) is 0 Å². The lowest BCUT2D eigenvalue weighted by Gasteiger charge is -2.33. The molecule has 0 unspecified atom stereocenters. The van der Waals surface area contributed by atoms with Crippen molar-refractivity contribution in [1.82, 2.24) is 4.90 Å². The number of benzene rings is 1. The SMILES string of the molecule is CN(CC(=O)Nc1cccc(Cl)c1)C(C)(C)CO. The van der Waals surface area contributed by atoms with E-state index in [1.54, 1.807) is 36.2 Å². The Balaban J connectivity index is 2.57. The van der Waals surface area contributed by atoms with E-state index in [0.717, 1.165) is 0 Å². The largest absolute Gasteiger partial charge is 0.394 e. The van der Waals surface area contributed by atoms with Gasteiger partial charge in [0.2, 0.25) is 5.91 Å². The molecule has 0 aliphatic carbocycles. The normalized spacial score (nSPS) is 11.7. The zero-order valence-electron chi connectivity index (χ0n) is 10.9. The van der Waals surface area contributed by atoms with Crippen LogP contribution in [0.5, 0.6) is 0 Å². The Morgan fingerprint density at radius 1 is 1.50 bits per heavy atom. The van der Waals surface area contributed by atoms with E-state index in [0.29, 0.717) is 10.7 Å². The second kappa shape index (κ2) is 6.18. The van der Waals surface area contributed by atoms with Gasteiger partial charge in [0, 0.05) is 16.2 Å². The number of carbonyl (C=O) groups excluding carboxylic acids is 1. The number of hydrogen-bond acceptors (Lipinski definition) is 3. The number of aliphatic hydroxyl groups is 1. The molecule has 0 bridgehead atoms. The van der Waals surface area contributed by atoms with Gasteiger partial charge in [-0.25, -0.2) is 0 Å². The summed E-state index contributed by atoms with van der Waals surface area (Å²) in [5.41, 5.74) is 0.244. The molecule has 0 saturated carbocycles. The molecule has 0 aliphatic heterocycles. The Labute approximate surface area is 113 Å². The van der Waals surface area contributed by atoms with Crippen molar-refractivity contribution in [2.45, 2.75) is 19.4 Å². The third-order valence-corrected chi connectivity index (χ3v) is 3.14. The monoisotopic (exact) mass is 270 g/mol. The number of likely N-dealkylation sites (N-methyl/N-ethyl adjacent to an activating group) is 1. The third-order valence-electron chi connectivity index (χ3n) is 2.91. The lowest BCUT2D eigenvalue weighted by atomic mass is 10.1. The van der Waals surface area contributed by atoms with Gasteiger partial charge in [-0.15, -0.1) is 0 Å². The predicted octanol–water partition coefficient (Wildman–Crippen LogP) is 1.98. The number of nitrogens with zero attached hydrogens (tertiary/aromatic N) is 1. The highest BCUT2D eigenvalue weighted by molar-refractivity contribution is 6.30. The fourth-order valence-electron chi connectivity index (χ4n) is 1.32. The molecule has 0 saturated heterocycles. The zero-order chi connectivity index (χ0) is 13.8. The standard InChI is InChI=1S/C13H19ClN2O2/c1-13(2,9-17)16(3)8-12(18)15-11-6-4-5-10(14)7-11/h4-7,17H,8-9H2,1-3H3,(H,15,18). The molecule has 1 amide bonds. The van der Waals surface area contributed by atoms with Gasteiger partial charge in [-0.1, -0.05) is 17.7 Å². The Kier molecular flexibility index (Phi) is 5.14. The summed E-state index contributed by atoms with van der Waals surface area (Å²) in [6, 6.07) is 7.00. The summed E-state index contributed by atoms with van der Waals surface area (Å²) in [5, 5.41) is 12.6. The Morgan fingerprint density at radius 3 is 2.72 bits per heavy atom. The molecule has 0 radical (unpaired) electrons. The third kappa shape index (κ3) is 4.29. The summed E-state index contributed by atoms with van der Waals surface area (Å²) in [6.45, 7) is 3.95. The highest BCUT2D eigenvalue weighted by Gasteiger charge is 2.24. The van der Waals surface area contributed by atoms with E-state index >= 15 is 0 Å². The summed E-state index contributed by atoms with van der Waals surface area (Å²) in [5.74, 6) is -0.138. The second-order valence-corrected chi connectivity index (χ2v) is 5.32. The molecule has 0 atom stereocenters. The molecule has 0 heterocycles. The van der Waals surface area contributed by atoms with Gasteiger partial charge in [0.1, 0.15) is 0 Å². The molecule has 5 heteroatoms. The topological polar surface area (TPSA) is 52.6 Å². The molecule has 100 valence electrons. The number of halogens is 1. The number of hydrogen-bond donors (Lipinski definition) is 2. The predicted molar refractivity (Wildman–Crippen MR) is 73.9 cm³/mol. The molecular weight excluding hydrogens is 252 g/mol. The summed E-state index contributed by atoms with van der Waals surface area (Å²) < 4.78 is 0. The van der Waals surface area contributed by atoms with E-state index in [1.807, 2.05) is 13.8 Å². The lowest BCUT2D eigenvalue weighted by molar-refractivity contribution is -0.118. The molecule has 0 fully saturated rings. The van der Waals surface area contributed by atoms with Crippen LogP contribution in [-0.4, -0.2) is 41.7 Å². The number of anilines is 1. The molecular formula is C13H19ClN2O2. The first-order valence-corrected chi connectivity index (χ1v) is 6.10. The number of aliphatic hydroxyl groups excluding tert-OH is 1. The molecule has 0 spiro atoms. The minimum atomic E-state index is -0.425. The van der Waals surface area contributed by atoms with Gasteiger partial charge in [-0.05, 0) is 39.1 Å². The van der Waals surface area contributed by atoms with Crippen molar-refractivity contribution < 1.29 is 9.90 Å². The van der Waals surface area contributed by atoms with E-state index in [1.165, 1.54) is 0 Å². The fraction of sp³-hybridized carbons (Fsp3) is 0.462. The van der Waals surface area contributed by atoms with Crippen molar-refractivity contribution in [2.75, 3.05) is 25.5 Å². The van der Waals surface area contributed by atoms with Crippen LogP contribution in [0.2, 0.25) is 5.02 Å². The number of carbonyl (C=O) groups is 1. The van der Waals surface area contributed by atoms with Crippen molar-refractivity contribution in [2.24, 2.45) is 0 Å². The van der Waals surface area contributed by atoms with Crippen LogP contribution < -0.4 is 5.32 Å². The summed E-state index contributed by atoms with van der Waals surface area (Å²) in [6.07, 6.45) is 0. The minimum Gasteiger partial charge on any atom is -0.394 e. The highest BCUT2D eigenvalue weighted by atomic mass is 35.5. The highest BCUT2D eigenvalue weighted by Crippen LogP contribution is 2.15. The van der Waals surface area contributed by atoms with Gasteiger partial charge < -0.3 is 10.4 Å². The summed E-state index contributed by atoms with van der Waals surface area (Å²) in [7, 11) is 1.80. The van der Waals surface area contributed by atoms with Crippen LogP contribution in [0, 0.1) is 0 Å². The quantitative estimate of drug-likeness (QED) is 0.860. The number of amides is 1. The van der Waals surface area contributed by atoms with Crippen molar-refractivity contribution in [3.05, 3.63) is 29.3 Å². The zero-order valence-corrected chi connectivity index (χ0v) is 11.7. The van der Waals surface area contributed by atoms with Crippen LogP contribution in [0.25, 0.3) is 0 Å². The maximum absolute atomic E-state index is 11.8. The fourth-order valence-corrected chi connectivity index (χ4v) is 1.51. The number of rotatable bonds is 5. The van der Waals surface area contributed by atoms with Crippen molar-refractivity contribution in [1.29, 1.82) is 0 Å². The summed E-state index contributed by atoms with van der Waals surface area (Å²) >= 11 is 5.83. The average molecular weight is 271 g/mol. The van der Waals surface area contributed by atoms with Crippen molar-refractivity contribution >= 4 is 23.2 Å². The molecule has 4 nitrogen and oxygen atoms in total. The van der Waals surface area contributed by atoms with E-state index in [4.69, 9.17) is 11.6 Å². The van der Waals surface area contributed by atoms with Crippen LogP contribution in [-0.2, 0) is 4.79 Å². The van der Waals surface area contributed by atoms with Gasteiger partial charge in [0.15, 0.2) is 0 Å². The van der Waals surface area contributed by atoms with Gasteiger partial charge in [-0.3, -0.25) is 9.69 Å². The number of nitrogens with one attached hydrogen (secondary N) is 1. The molecule has 0 aromatic heterocycles. The first-order valence-electron chi connectivity index (χ1n) is 5.72. The summed E-state index contributed by atoms with van der Waals surface area (Å²) in [4.78, 5) is 13.6. The Hall–Kier alpha value is -1.10. The molecule has 1 rings (SSSR count). The van der Waals surface area contributed by atoms with Crippen LogP contribution in [0.15, 0.2) is 24.3 Å². The second-order valence-electron chi connectivity index (χ2n) is 4.89. The van der Waals surface area contributed by atoms with Gasteiger partial charge in [0.25, 0.3) is 0 Å². The van der Waals surface area contributed by atoms with Crippen LogP contribution in [0.3, 0.4) is 0 Å². The molecule has 1 aromatic rings. The van der Waals surface area contributed by atoms with Crippen molar-refractivity contribution in [3.63, 3.8) is 0 Å². The first-order chi connectivity index (χ1) is 8.35. The molecule has 0 aliphatic rings. The van der Waals surface area contributed by atoms with E-state index in [-0.39, 0.29) is 19.1 Å². The lowest BCUT2D eigenvalue weighted by Crippen LogP contribution is -2.47. The van der Waals surface area contributed by atoms with Crippen LogP contribution >= 0.6 is 11.6 Å². The molecule has 18 heavy (non-hydrogen) atoms. The maximum atomic E-state index is 11.8. The van der Waals surface area contributed by atoms with Crippen molar-refractivity contribution in [3.8, 4) is 0 Å². The molecule has 1 aromatic carbocycles. The Bertz CT molecular complexity index is 421. The van der Waals surface area contributed by atoms with Gasteiger partial charge in [0.05, 0.1) is 13.2 Å². The molecule has 2 N–H and O–H groups in total. The van der Waals surface area contributed by atoms with E-state index in [9.17, 15) is 9.90 Å². The smallest absolute Gasteiger partial charge is 0.238 e. The Morgan fingerprint density at radius 2 is 2.17 bits per heavy atom. The van der Waals surface area contributed by atoms with Crippen LogP contribution in [0.1, 0.15) is 13.8 Å². The van der Waals surface area contributed by atoms with Gasteiger partial charge >= 0.3 is 0 Å². The van der Waals surface area contributed by atoms with Crippen LogP contribution in [0.4, 0.5) is 5.69 Å². The maximum Gasteiger partial charge on any atom is 0.238 e. The van der Waals surface area contributed by atoms with E-state index in [2.05, 4.69) is 5.32 Å².